The summed E-state index contributed by atoms with van der Waals surface area (Å²) in [6.45, 7) is 0. The smallest absolute Gasteiger partial charge is 0.337 e. The van der Waals surface area contributed by atoms with Crippen LogP contribution in [0.1, 0.15) is 21.0 Å². The number of H-pyrrole nitrogens is 1. The number of carboxylic acids is 1. The highest BCUT2D eigenvalue weighted by Crippen LogP contribution is 2.22. The van der Waals surface area contributed by atoms with Crippen molar-refractivity contribution in [3.63, 3.8) is 0 Å². The molecule has 0 saturated heterocycles. The Kier molecular flexibility index (Phi) is 3.47. The van der Waals surface area contributed by atoms with Gasteiger partial charge in [0.15, 0.2) is 0 Å². The third-order valence-corrected chi connectivity index (χ3v) is 2.67. The number of benzene rings is 1. The molecule has 0 unspecified atom stereocenters. The molecule has 1 amide bonds. The number of hydrogen-bond acceptors (Lipinski definition) is 5. The van der Waals surface area contributed by atoms with Gasteiger partial charge in [0, 0.05) is 4.47 Å². The van der Waals surface area contributed by atoms with E-state index in [1.807, 2.05) is 0 Å². The summed E-state index contributed by atoms with van der Waals surface area (Å²) >= 11 is 3.20. The Morgan fingerprint density at radius 3 is 2.74 bits per heavy atom. The molecule has 0 atom stereocenters. The Morgan fingerprint density at radius 2 is 2.16 bits per heavy atom. The number of anilines is 2. The maximum Gasteiger partial charge on any atom is 0.337 e. The lowest BCUT2D eigenvalue weighted by atomic mass is 10.2. The molecule has 0 fully saturated rings. The van der Waals surface area contributed by atoms with Crippen molar-refractivity contribution in [3.8, 4) is 0 Å². The van der Waals surface area contributed by atoms with Crippen LogP contribution in [0.5, 0.6) is 0 Å². The van der Waals surface area contributed by atoms with Gasteiger partial charge in [-0.15, -0.1) is 5.10 Å². The summed E-state index contributed by atoms with van der Waals surface area (Å²) in [7, 11) is 0. The van der Waals surface area contributed by atoms with Crippen LogP contribution in [0, 0.1) is 0 Å². The minimum atomic E-state index is -1.15. The summed E-state index contributed by atoms with van der Waals surface area (Å²) in [6, 6.07) is 4.41. The SMILES string of the molecule is Nc1n[nH]c(C(=O)Nc2cc(Br)ccc2C(=O)O)n1. The van der Waals surface area contributed by atoms with Crippen LogP contribution in [0.2, 0.25) is 0 Å². The van der Waals surface area contributed by atoms with Gasteiger partial charge in [0.2, 0.25) is 11.8 Å². The first-order valence-corrected chi connectivity index (χ1v) is 5.78. The molecule has 1 heterocycles. The fraction of sp³-hybridized carbons (Fsp3) is 0. The zero-order valence-corrected chi connectivity index (χ0v) is 10.9. The summed E-state index contributed by atoms with van der Waals surface area (Å²) in [5, 5.41) is 17.3. The van der Waals surface area contributed by atoms with E-state index >= 15 is 0 Å². The molecule has 2 rings (SSSR count). The summed E-state index contributed by atoms with van der Waals surface area (Å²) in [6.07, 6.45) is 0. The second-order valence-corrected chi connectivity index (χ2v) is 4.41. The minimum Gasteiger partial charge on any atom is -0.478 e. The molecule has 0 aliphatic rings. The van der Waals surface area contributed by atoms with Crippen LogP contribution in [-0.2, 0) is 0 Å². The van der Waals surface area contributed by atoms with Crippen LogP contribution in [0.15, 0.2) is 22.7 Å². The van der Waals surface area contributed by atoms with Gasteiger partial charge >= 0.3 is 5.97 Å². The average molecular weight is 326 g/mol. The fourth-order valence-corrected chi connectivity index (χ4v) is 1.73. The van der Waals surface area contributed by atoms with Crippen molar-refractivity contribution in [2.45, 2.75) is 0 Å². The number of carbonyl (C=O) groups is 2. The maximum atomic E-state index is 11.8. The molecule has 1 aromatic heterocycles. The molecule has 0 radical (unpaired) electrons. The molecule has 9 heteroatoms. The van der Waals surface area contributed by atoms with Crippen LogP contribution < -0.4 is 11.1 Å². The van der Waals surface area contributed by atoms with E-state index < -0.39 is 11.9 Å². The van der Waals surface area contributed by atoms with Gasteiger partial charge in [-0.1, -0.05) is 15.9 Å². The van der Waals surface area contributed by atoms with E-state index in [1.54, 1.807) is 6.07 Å². The number of halogens is 1. The third-order valence-electron chi connectivity index (χ3n) is 2.18. The molecule has 0 bridgehead atoms. The number of aromatic nitrogens is 3. The number of aromatic carboxylic acids is 1. The van der Waals surface area contributed by atoms with E-state index in [2.05, 4.69) is 36.4 Å². The molecule has 5 N–H and O–H groups in total. The lowest BCUT2D eigenvalue weighted by molar-refractivity contribution is 0.0698. The summed E-state index contributed by atoms with van der Waals surface area (Å²) < 4.78 is 0.630. The molecule has 2 aromatic rings. The quantitative estimate of drug-likeness (QED) is 0.667. The number of aromatic amines is 1. The number of carboxylic acid groups (broad SMARTS) is 1. The van der Waals surface area contributed by atoms with Crippen LogP contribution in [0.4, 0.5) is 11.6 Å². The van der Waals surface area contributed by atoms with Crippen molar-refractivity contribution in [1.29, 1.82) is 0 Å². The minimum absolute atomic E-state index is 0.0379. The van der Waals surface area contributed by atoms with Crippen LogP contribution in [0.3, 0.4) is 0 Å². The van der Waals surface area contributed by atoms with E-state index in [0.29, 0.717) is 4.47 Å². The molecule has 0 aliphatic heterocycles. The lowest BCUT2D eigenvalue weighted by Crippen LogP contribution is -2.16. The molecule has 8 nitrogen and oxygen atoms in total. The molecule has 19 heavy (non-hydrogen) atoms. The van der Waals surface area contributed by atoms with Crippen molar-refractivity contribution < 1.29 is 14.7 Å². The van der Waals surface area contributed by atoms with Gasteiger partial charge in [0.1, 0.15) is 0 Å². The Bertz CT molecular complexity index is 654. The van der Waals surface area contributed by atoms with E-state index in [0.717, 1.165) is 0 Å². The standard InChI is InChI=1S/C10H8BrN5O3/c11-4-1-2-5(9(18)19)6(3-4)13-8(17)7-14-10(12)16-15-7/h1-3H,(H,13,17)(H,18,19)(H3,12,14,15,16). The Morgan fingerprint density at radius 1 is 1.42 bits per heavy atom. The number of nitrogens with one attached hydrogen (secondary N) is 2. The normalized spacial score (nSPS) is 10.2. The maximum absolute atomic E-state index is 11.8. The monoisotopic (exact) mass is 325 g/mol. The van der Waals surface area contributed by atoms with Gasteiger partial charge in [-0.05, 0) is 18.2 Å². The second kappa shape index (κ2) is 5.06. The Balaban J connectivity index is 2.30. The molecule has 0 aliphatic carbocycles. The molecule has 0 saturated carbocycles. The van der Waals surface area contributed by atoms with Gasteiger partial charge in [-0.25, -0.2) is 4.79 Å². The predicted molar refractivity (Wildman–Crippen MR) is 69.8 cm³/mol. The number of rotatable bonds is 3. The van der Waals surface area contributed by atoms with Gasteiger partial charge in [-0.3, -0.25) is 9.89 Å². The van der Waals surface area contributed by atoms with Gasteiger partial charge in [0.05, 0.1) is 11.3 Å². The highest BCUT2D eigenvalue weighted by Gasteiger charge is 2.16. The van der Waals surface area contributed by atoms with Crippen molar-refractivity contribution >= 4 is 39.4 Å². The molecular formula is C10H8BrN5O3. The predicted octanol–water partition coefficient (Wildman–Crippen LogP) is 1.10. The van der Waals surface area contributed by atoms with Crippen molar-refractivity contribution in [2.24, 2.45) is 0 Å². The fourth-order valence-electron chi connectivity index (χ4n) is 1.36. The molecule has 1 aromatic carbocycles. The van der Waals surface area contributed by atoms with Gasteiger partial charge < -0.3 is 16.2 Å². The van der Waals surface area contributed by atoms with E-state index in [9.17, 15) is 9.59 Å². The van der Waals surface area contributed by atoms with Crippen LogP contribution in [0.25, 0.3) is 0 Å². The average Bonchev–Trinajstić information content (AvgIpc) is 2.75. The highest BCUT2D eigenvalue weighted by atomic mass is 79.9. The summed E-state index contributed by atoms with van der Waals surface area (Å²) in [5.74, 6) is -1.96. The van der Waals surface area contributed by atoms with Gasteiger partial charge in [0.25, 0.3) is 5.91 Å². The van der Waals surface area contributed by atoms with Crippen LogP contribution >= 0.6 is 15.9 Å². The molecule has 0 spiro atoms. The van der Waals surface area contributed by atoms with Gasteiger partial charge in [-0.2, -0.15) is 4.98 Å². The number of nitrogens with zero attached hydrogens (tertiary/aromatic N) is 2. The zero-order valence-electron chi connectivity index (χ0n) is 9.35. The topological polar surface area (TPSA) is 134 Å². The highest BCUT2D eigenvalue weighted by molar-refractivity contribution is 9.10. The van der Waals surface area contributed by atoms with Crippen molar-refractivity contribution in [3.05, 3.63) is 34.1 Å². The van der Waals surface area contributed by atoms with Crippen molar-refractivity contribution in [1.82, 2.24) is 15.2 Å². The number of carbonyl (C=O) groups excluding carboxylic acids is 1. The Labute approximate surface area is 115 Å². The summed E-state index contributed by atoms with van der Waals surface area (Å²) in [5.41, 5.74) is 5.38. The third kappa shape index (κ3) is 2.88. The first-order valence-electron chi connectivity index (χ1n) is 4.99. The number of hydrogen-bond donors (Lipinski definition) is 4. The number of amides is 1. The Hall–Kier alpha value is -2.42. The van der Waals surface area contributed by atoms with E-state index in [-0.39, 0.29) is 23.0 Å². The molecular weight excluding hydrogens is 318 g/mol. The lowest BCUT2D eigenvalue weighted by Gasteiger charge is -2.07. The first-order chi connectivity index (χ1) is 8.97. The van der Waals surface area contributed by atoms with Crippen molar-refractivity contribution in [2.75, 3.05) is 11.1 Å². The summed E-state index contributed by atoms with van der Waals surface area (Å²) in [4.78, 5) is 26.5. The van der Waals surface area contributed by atoms with E-state index in [4.69, 9.17) is 10.8 Å². The molecule has 98 valence electrons. The largest absolute Gasteiger partial charge is 0.478 e. The van der Waals surface area contributed by atoms with E-state index in [1.165, 1.54) is 12.1 Å². The first kappa shape index (κ1) is 13.0. The number of nitrogen functional groups attached to an aromatic ring is 1. The van der Waals surface area contributed by atoms with Crippen LogP contribution in [-0.4, -0.2) is 32.2 Å². The second-order valence-electron chi connectivity index (χ2n) is 3.49. The zero-order chi connectivity index (χ0) is 14.0. The number of nitrogens with two attached hydrogens (primary N) is 1.